The SMILES string of the molecule is COc1cc(F)ccc1NC(=O)c1cc([N+](=O)[O-])ccc1I. The number of halogens is 2. The molecule has 0 saturated heterocycles. The van der Waals surface area contributed by atoms with Gasteiger partial charge in [-0.3, -0.25) is 14.9 Å². The van der Waals surface area contributed by atoms with E-state index in [1.807, 2.05) is 22.6 Å². The van der Waals surface area contributed by atoms with Gasteiger partial charge < -0.3 is 10.1 Å². The van der Waals surface area contributed by atoms with Gasteiger partial charge in [-0.2, -0.15) is 0 Å². The van der Waals surface area contributed by atoms with Crippen molar-refractivity contribution in [3.05, 3.63) is 61.5 Å². The second-order valence-corrected chi connectivity index (χ2v) is 5.38. The van der Waals surface area contributed by atoms with Crippen LogP contribution in [0.2, 0.25) is 0 Å². The van der Waals surface area contributed by atoms with Gasteiger partial charge in [0, 0.05) is 21.8 Å². The summed E-state index contributed by atoms with van der Waals surface area (Å²) < 4.78 is 18.7. The number of amides is 1. The quantitative estimate of drug-likeness (QED) is 0.469. The van der Waals surface area contributed by atoms with Gasteiger partial charge in [0.05, 0.1) is 23.3 Å². The van der Waals surface area contributed by atoms with E-state index >= 15 is 0 Å². The van der Waals surface area contributed by atoms with Crippen LogP contribution in [-0.2, 0) is 0 Å². The van der Waals surface area contributed by atoms with Crippen LogP contribution >= 0.6 is 22.6 Å². The monoisotopic (exact) mass is 416 g/mol. The summed E-state index contributed by atoms with van der Waals surface area (Å²) in [6.45, 7) is 0. The first kappa shape index (κ1) is 16.1. The Labute approximate surface area is 138 Å². The third kappa shape index (κ3) is 3.50. The molecule has 2 aromatic carbocycles. The van der Waals surface area contributed by atoms with Crippen LogP contribution < -0.4 is 10.1 Å². The second kappa shape index (κ2) is 6.69. The number of hydrogen-bond donors (Lipinski definition) is 1. The molecule has 0 spiro atoms. The van der Waals surface area contributed by atoms with Crippen molar-refractivity contribution in [1.82, 2.24) is 0 Å². The summed E-state index contributed by atoms with van der Waals surface area (Å²) in [6.07, 6.45) is 0. The van der Waals surface area contributed by atoms with E-state index < -0.39 is 16.6 Å². The van der Waals surface area contributed by atoms with Crippen LogP contribution in [0.3, 0.4) is 0 Å². The van der Waals surface area contributed by atoms with E-state index in [2.05, 4.69) is 5.32 Å². The third-order valence-corrected chi connectivity index (χ3v) is 3.76. The first-order chi connectivity index (χ1) is 10.4. The summed E-state index contributed by atoms with van der Waals surface area (Å²) in [5.74, 6) is -0.883. The number of benzene rings is 2. The summed E-state index contributed by atoms with van der Waals surface area (Å²) in [5, 5.41) is 13.3. The molecule has 8 heteroatoms. The highest BCUT2D eigenvalue weighted by atomic mass is 127. The highest BCUT2D eigenvalue weighted by molar-refractivity contribution is 14.1. The number of carbonyl (C=O) groups is 1. The zero-order chi connectivity index (χ0) is 16.3. The van der Waals surface area contributed by atoms with Crippen LogP contribution in [0.25, 0.3) is 0 Å². The topological polar surface area (TPSA) is 81.5 Å². The van der Waals surface area contributed by atoms with Crippen molar-refractivity contribution in [2.24, 2.45) is 0 Å². The van der Waals surface area contributed by atoms with E-state index in [0.29, 0.717) is 3.57 Å². The number of nitro benzene ring substituents is 1. The molecule has 6 nitrogen and oxygen atoms in total. The molecule has 0 radical (unpaired) electrons. The fraction of sp³-hybridized carbons (Fsp3) is 0.0714. The number of nitrogens with zero attached hydrogens (tertiary/aromatic N) is 1. The minimum atomic E-state index is -0.578. The van der Waals surface area contributed by atoms with Crippen molar-refractivity contribution in [2.75, 3.05) is 12.4 Å². The number of nitrogens with one attached hydrogen (secondary N) is 1. The highest BCUT2D eigenvalue weighted by Crippen LogP contribution is 2.27. The average Bonchev–Trinajstić information content (AvgIpc) is 2.49. The van der Waals surface area contributed by atoms with Gasteiger partial charge in [-0.1, -0.05) is 0 Å². The Morgan fingerprint density at radius 3 is 2.68 bits per heavy atom. The number of ether oxygens (including phenoxy) is 1. The minimum Gasteiger partial charge on any atom is -0.494 e. The van der Waals surface area contributed by atoms with E-state index in [0.717, 1.165) is 6.07 Å². The summed E-state index contributed by atoms with van der Waals surface area (Å²) >= 11 is 1.91. The summed E-state index contributed by atoms with van der Waals surface area (Å²) in [7, 11) is 1.35. The average molecular weight is 416 g/mol. The Bertz CT molecular complexity index is 752. The lowest BCUT2D eigenvalue weighted by molar-refractivity contribution is -0.384. The van der Waals surface area contributed by atoms with Crippen molar-refractivity contribution in [3.63, 3.8) is 0 Å². The smallest absolute Gasteiger partial charge is 0.270 e. The first-order valence-electron chi connectivity index (χ1n) is 6.01. The molecular weight excluding hydrogens is 406 g/mol. The standard InChI is InChI=1S/C14H10FIN2O4/c1-22-13-6-8(15)2-5-12(13)17-14(19)10-7-9(18(20)21)3-4-11(10)16/h2-7H,1H3,(H,17,19). The molecule has 1 N–H and O–H groups in total. The largest absolute Gasteiger partial charge is 0.494 e. The molecule has 22 heavy (non-hydrogen) atoms. The van der Waals surface area contributed by atoms with Gasteiger partial charge >= 0.3 is 0 Å². The Hall–Kier alpha value is -2.23. The van der Waals surface area contributed by atoms with Crippen molar-refractivity contribution in [1.29, 1.82) is 0 Å². The molecular formula is C14H10FIN2O4. The van der Waals surface area contributed by atoms with Crippen molar-refractivity contribution in [3.8, 4) is 5.75 Å². The van der Waals surface area contributed by atoms with E-state index in [-0.39, 0.29) is 22.7 Å². The zero-order valence-corrected chi connectivity index (χ0v) is 13.5. The Morgan fingerprint density at radius 1 is 1.32 bits per heavy atom. The lowest BCUT2D eigenvalue weighted by Crippen LogP contribution is -2.14. The fourth-order valence-electron chi connectivity index (χ4n) is 1.76. The van der Waals surface area contributed by atoms with Crippen molar-refractivity contribution in [2.45, 2.75) is 0 Å². The summed E-state index contributed by atoms with van der Waals surface area (Å²) in [6, 6.07) is 7.65. The lowest BCUT2D eigenvalue weighted by Gasteiger charge is -2.11. The third-order valence-electron chi connectivity index (χ3n) is 2.82. The van der Waals surface area contributed by atoms with Crippen molar-refractivity contribution < 1.29 is 18.8 Å². The molecule has 0 unspecified atom stereocenters. The number of carbonyl (C=O) groups excluding carboxylic acids is 1. The van der Waals surface area contributed by atoms with E-state index in [1.54, 1.807) is 0 Å². The van der Waals surface area contributed by atoms with Gasteiger partial charge in [0.25, 0.3) is 11.6 Å². The predicted octanol–water partition coefficient (Wildman–Crippen LogP) is 3.60. The van der Waals surface area contributed by atoms with Crippen LogP contribution in [0, 0.1) is 19.5 Å². The molecule has 0 aliphatic heterocycles. The Kier molecular flexibility index (Phi) is 4.91. The number of nitro groups is 1. The number of rotatable bonds is 4. The molecule has 0 aliphatic carbocycles. The maximum atomic E-state index is 13.1. The number of hydrogen-bond acceptors (Lipinski definition) is 4. The minimum absolute atomic E-state index is 0.154. The fourth-order valence-corrected chi connectivity index (χ4v) is 2.34. The number of anilines is 1. The highest BCUT2D eigenvalue weighted by Gasteiger charge is 2.17. The molecule has 0 aromatic heterocycles. The first-order valence-corrected chi connectivity index (χ1v) is 7.09. The zero-order valence-electron chi connectivity index (χ0n) is 11.3. The normalized spacial score (nSPS) is 10.1. The predicted molar refractivity (Wildman–Crippen MR) is 86.7 cm³/mol. The van der Waals surface area contributed by atoms with Crippen LogP contribution in [0.15, 0.2) is 36.4 Å². The number of methoxy groups -OCH3 is 1. The maximum absolute atomic E-state index is 13.1. The van der Waals surface area contributed by atoms with Gasteiger partial charge in [-0.25, -0.2) is 4.39 Å². The van der Waals surface area contributed by atoms with Gasteiger partial charge in [-0.05, 0) is 40.8 Å². The Balaban J connectivity index is 2.33. The van der Waals surface area contributed by atoms with E-state index in [9.17, 15) is 19.3 Å². The number of non-ortho nitro benzene ring substituents is 1. The molecule has 0 fully saturated rings. The molecule has 2 rings (SSSR count). The van der Waals surface area contributed by atoms with Crippen LogP contribution in [-0.4, -0.2) is 17.9 Å². The van der Waals surface area contributed by atoms with Gasteiger partial charge in [0.2, 0.25) is 0 Å². The second-order valence-electron chi connectivity index (χ2n) is 4.22. The van der Waals surface area contributed by atoms with Crippen molar-refractivity contribution >= 4 is 39.9 Å². The van der Waals surface area contributed by atoms with E-state index in [1.165, 1.54) is 37.4 Å². The van der Waals surface area contributed by atoms with E-state index in [4.69, 9.17) is 4.74 Å². The van der Waals surface area contributed by atoms with Gasteiger partial charge in [0.15, 0.2) is 0 Å². The van der Waals surface area contributed by atoms with Gasteiger partial charge in [-0.15, -0.1) is 0 Å². The van der Waals surface area contributed by atoms with Crippen LogP contribution in [0.1, 0.15) is 10.4 Å². The summed E-state index contributed by atoms with van der Waals surface area (Å²) in [4.78, 5) is 22.5. The molecule has 0 saturated carbocycles. The maximum Gasteiger partial charge on any atom is 0.270 e. The molecule has 0 heterocycles. The molecule has 114 valence electrons. The lowest BCUT2D eigenvalue weighted by atomic mass is 10.2. The summed E-state index contributed by atoms with van der Waals surface area (Å²) in [5.41, 5.74) is 0.244. The molecule has 2 aromatic rings. The van der Waals surface area contributed by atoms with Crippen LogP contribution in [0.5, 0.6) is 5.75 Å². The molecule has 1 amide bonds. The molecule has 0 bridgehead atoms. The molecule has 0 aliphatic rings. The van der Waals surface area contributed by atoms with Gasteiger partial charge in [0.1, 0.15) is 11.6 Å². The van der Waals surface area contributed by atoms with Crippen LogP contribution in [0.4, 0.5) is 15.8 Å². The Morgan fingerprint density at radius 2 is 2.05 bits per heavy atom. The molecule has 0 atom stereocenters.